The topological polar surface area (TPSA) is 61.8 Å². The number of methoxy groups -OCH3 is 2. The van der Waals surface area contributed by atoms with Crippen molar-refractivity contribution in [3.05, 3.63) is 65.7 Å². The van der Waals surface area contributed by atoms with E-state index in [1.807, 2.05) is 30.3 Å². The van der Waals surface area contributed by atoms with E-state index >= 15 is 0 Å². The highest BCUT2D eigenvalue weighted by Gasteiger charge is 2.22. The molecular weight excluding hydrogens is 296 g/mol. The molecule has 0 amide bonds. The summed E-state index contributed by atoms with van der Waals surface area (Å²) in [5, 5.41) is 0. The van der Waals surface area contributed by atoms with Gasteiger partial charge in [0.15, 0.2) is 6.10 Å². The van der Waals surface area contributed by atoms with Crippen LogP contribution < -0.4 is 4.74 Å². The van der Waals surface area contributed by atoms with Gasteiger partial charge in [-0.15, -0.1) is 0 Å². The van der Waals surface area contributed by atoms with Gasteiger partial charge in [-0.05, 0) is 29.8 Å². The zero-order chi connectivity index (χ0) is 16.7. The lowest BCUT2D eigenvalue weighted by molar-refractivity contribution is -0.148. The van der Waals surface area contributed by atoms with Crippen molar-refractivity contribution < 1.29 is 23.8 Å². The second kappa shape index (κ2) is 7.98. The maximum Gasteiger partial charge on any atom is 0.347 e. The number of benzene rings is 2. The molecule has 0 fully saturated rings. The number of hydrogen-bond acceptors (Lipinski definition) is 5. The summed E-state index contributed by atoms with van der Waals surface area (Å²) in [5.41, 5.74) is 1.38. The first-order chi connectivity index (χ1) is 11.1. The van der Waals surface area contributed by atoms with E-state index in [9.17, 15) is 9.59 Å². The van der Waals surface area contributed by atoms with Gasteiger partial charge in [0.2, 0.25) is 0 Å². The highest BCUT2D eigenvalue weighted by atomic mass is 16.6. The Labute approximate surface area is 134 Å². The van der Waals surface area contributed by atoms with Crippen molar-refractivity contribution in [3.63, 3.8) is 0 Å². The van der Waals surface area contributed by atoms with E-state index in [2.05, 4.69) is 4.74 Å². The molecule has 0 bridgehead atoms. The van der Waals surface area contributed by atoms with E-state index in [1.165, 1.54) is 14.2 Å². The van der Waals surface area contributed by atoms with E-state index in [4.69, 9.17) is 9.47 Å². The van der Waals surface area contributed by atoms with Crippen LogP contribution in [0.1, 0.15) is 15.9 Å². The van der Waals surface area contributed by atoms with Crippen molar-refractivity contribution in [2.75, 3.05) is 14.2 Å². The fourth-order valence-electron chi connectivity index (χ4n) is 2.08. The van der Waals surface area contributed by atoms with Crippen LogP contribution in [0, 0.1) is 0 Å². The van der Waals surface area contributed by atoms with E-state index in [0.717, 1.165) is 5.56 Å². The van der Waals surface area contributed by atoms with Gasteiger partial charge in [-0.1, -0.05) is 30.3 Å². The lowest BCUT2D eigenvalue weighted by Gasteiger charge is -2.17. The van der Waals surface area contributed by atoms with Crippen molar-refractivity contribution in [1.29, 1.82) is 0 Å². The summed E-state index contributed by atoms with van der Waals surface area (Å²) in [6.45, 7) is 0. The molecule has 120 valence electrons. The average molecular weight is 314 g/mol. The van der Waals surface area contributed by atoms with Crippen molar-refractivity contribution in [1.82, 2.24) is 0 Å². The fraction of sp³-hybridized carbons (Fsp3) is 0.222. The smallest absolute Gasteiger partial charge is 0.347 e. The van der Waals surface area contributed by atoms with E-state index in [1.54, 1.807) is 24.3 Å². The second-order valence-electron chi connectivity index (χ2n) is 4.84. The molecule has 0 aliphatic carbocycles. The molecule has 0 heterocycles. The zero-order valence-corrected chi connectivity index (χ0v) is 13.0. The van der Waals surface area contributed by atoms with Gasteiger partial charge in [0.05, 0.1) is 19.8 Å². The standard InChI is InChI=1S/C18H18O5/c1-21-17(19)14-8-10-15(11-9-14)23-16(18(20)22-2)12-13-6-4-3-5-7-13/h3-11,16H,12H2,1-2H3/t16-/m0/s1. The minimum Gasteiger partial charge on any atom is -0.478 e. The van der Waals surface area contributed by atoms with Crippen molar-refractivity contribution in [2.45, 2.75) is 12.5 Å². The molecule has 1 atom stereocenters. The summed E-state index contributed by atoms with van der Waals surface area (Å²) in [6.07, 6.45) is -0.363. The highest BCUT2D eigenvalue weighted by Crippen LogP contribution is 2.17. The lowest BCUT2D eigenvalue weighted by atomic mass is 10.1. The van der Waals surface area contributed by atoms with Crippen molar-refractivity contribution in [3.8, 4) is 5.75 Å². The van der Waals surface area contributed by atoms with E-state index in [-0.39, 0.29) is 0 Å². The van der Waals surface area contributed by atoms with Gasteiger partial charge in [-0.2, -0.15) is 0 Å². The molecule has 0 unspecified atom stereocenters. The van der Waals surface area contributed by atoms with Crippen LogP contribution in [-0.2, 0) is 20.7 Å². The molecule has 2 rings (SSSR count). The summed E-state index contributed by atoms with van der Waals surface area (Å²) in [7, 11) is 2.64. The Morgan fingerprint density at radius 1 is 0.913 bits per heavy atom. The van der Waals surface area contributed by atoms with Gasteiger partial charge < -0.3 is 14.2 Å². The number of esters is 2. The number of carbonyl (C=O) groups excluding carboxylic acids is 2. The molecule has 0 radical (unpaired) electrons. The molecule has 0 saturated carbocycles. The van der Waals surface area contributed by atoms with E-state index < -0.39 is 18.0 Å². The first kappa shape index (κ1) is 16.5. The Morgan fingerprint density at radius 3 is 2.13 bits per heavy atom. The van der Waals surface area contributed by atoms with Crippen molar-refractivity contribution >= 4 is 11.9 Å². The maximum absolute atomic E-state index is 11.9. The van der Waals surface area contributed by atoms with Gasteiger partial charge in [-0.3, -0.25) is 0 Å². The molecule has 2 aromatic rings. The van der Waals surface area contributed by atoms with Gasteiger partial charge in [0.1, 0.15) is 5.75 Å². The van der Waals surface area contributed by atoms with Crippen LogP contribution in [-0.4, -0.2) is 32.3 Å². The maximum atomic E-state index is 11.9. The predicted octanol–water partition coefficient (Wildman–Crippen LogP) is 2.64. The van der Waals surface area contributed by atoms with Crippen LogP contribution in [0.15, 0.2) is 54.6 Å². The molecule has 2 aromatic carbocycles. The number of ether oxygens (including phenoxy) is 3. The second-order valence-corrected chi connectivity index (χ2v) is 4.84. The largest absolute Gasteiger partial charge is 0.478 e. The molecule has 0 saturated heterocycles. The van der Waals surface area contributed by atoms with Crippen LogP contribution >= 0.6 is 0 Å². The van der Waals surface area contributed by atoms with Crippen LogP contribution in [0.25, 0.3) is 0 Å². The minimum absolute atomic E-state index is 0.395. The first-order valence-corrected chi connectivity index (χ1v) is 7.11. The van der Waals surface area contributed by atoms with Crippen LogP contribution in [0.5, 0.6) is 5.75 Å². The fourth-order valence-corrected chi connectivity index (χ4v) is 2.08. The number of rotatable bonds is 6. The van der Waals surface area contributed by atoms with Gasteiger partial charge in [-0.25, -0.2) is 9.59 Å². The van der Waals surface area contributed by atoms with Crippen LogP contribution in [0.3, 0.4) is 0 Å². The summed E-state index contributed by atoms with van der Waals surface area (Å²) >= 11 is 0. The Bertz CT molecular complexity index is 649. The van der Waals surface area contributed by atoms with Crippen LogP contribution in [0.4, 0.5) is 0 Å². The van der Waals surface area contributed by atoms with Crippen molar-refractivity contribution in [2.24, 2.45) is 0 Å². The van der Waals surface area contributed by atoms with E-state index in [0.29, 0.717) is 17.7 Å². The molecule has 0 aliphatic rings. The number of carbonyl (C=O) groups is 2. The average Bonchev–Trinajstić information content (AvgIpc) is 2.61. The molecular formula is C18H18O5. The lowest BCUT2D eigenvalue weighted by Crippen LogP contribution is -2.30. The summed E-state index contributed by atoms with van der Waals surface area (Å²) in [5.74, 6) is -0.403. The Kier molecular flexibility index (Phi) is 5.74. The first-order valence-electron chi connectivity index (χ1n) is 7.11. The summed E-state index contributed by atoms with van der Waals surface area (Å²) < 4.78 is 15.1. The third-order valence-corrected chi connectivity index (χ3v) is 3.28. The minimum atomic E-state index is -0.758. The zero-order valence-electron chi connectivity index (χ0n) is 13.0. The molecule has 0 N–H and O–H groups in total. The SMILES string of the molecule is COC(=O)c1ccc(O[C@@H](Cc2ccccc2)C(=O)OC)cc1. The molecule has 5 heteroatoms. The Hall–Kier alpha value is -2.82. The molecule has 0 aliphatic heterocycles. The highest BCUT2D eigenvalue weighted by molar-refractivity contribution is 5.89. The van der Waals surface area contributed by atoms with Crippen LogP contribution in [0.2, 0.25) is 0 Å². The monoisotopic (exact) mass is 314 g/mol. The third-order valence-electron chi connectivity index (χ3n) is 3.28. The van der Waals surface area contributed by atoms with Gasteiger partial charge in [0, 0.05) is 6.42 Å². The molecule has 0 aromatic heterocycles. The Morgan fingerprint density at radius 2 is 1.57 bits per heavy atom. The molecule has 23 heavy (non-hydrogen) atoms. The molecule has 5 nitrogen and oxygen atoms in total. The predicted molar refractivity (Wildman–Crippen MR) is 84.4 cm³/mol. The normalized spacial score (nSPS) is 11.4. The van der Waals surface area contributed by atoms with Gasteiger partial charge >= 0.3 is 11.9 Å². The Balaban J connectivity index is 2.11. The summed E-state index contributed by atoms with van der Waals surface area (Å²) in [4.78, 5) is 23.3. The third kappa shape index (κ3) is 4.57. The molecule has 0 spiro atoms. The van der Waals surface area contributed by atoms with Gasteiger partial charge in [0.25, 0.3) is 0 Å². The summed E-state index contributed by atoms with van der Waals surface area (Å²) in [6, 6.07) is 15.9. The number of hydrogen-bond donors (Lipinski definition) is 0. The quantitative estimate of drug-likeness (QED) is 0.767.